The summed E-state index contributed by atoms with van der Waals surface area (Å²) in [6.07, 6.45) is 5.16. The predicted molar refractivity (Wildman–Crippen MR) is 113 cm³/mol. The predicted octanol–water partition coefficient (Wildman–Crippen LogP) is 3.61. The van der Waals surface area contributed by atoms with Crippen molar-refractivity contribution in [3.63, 3.8) is 0 Å². The van der Waals surface area contributed by atoms with Gasteiger partial charge in [-0.05, 0) is 25.5 Å². The topological polar surface area (TPSA) is 72.3 Å². The van der Waals surface area contributed by atoms with Gasteiger partial charge < -0.3 is 15.0 Å². The molecule has 3 aromatic rings. The molecule has 1 aromatic carbocycles. The third-order valence-corrected chi connectivity index (χ3v) is 4.96. The minimum atomic E-state index is -0.198. The van der Waals surface area contributed by atoms with Gasteiger partial charge in [0.25, 0.3) is 5.91 Å². The Morgan fingerprint density at radius 2 is 1.90 bits per heavy atom. The number of amides is 1. The second-order valence-corrected chi connectivity index (χ2v) is 7.28. The maximum atomic E-state index is 13.0. The van der Waals surface area contributed by atoms with E-state index in [4.69, 9.17) is 4.74 Å². The average molecular weight is 391 g/mol. The van der Waals surface area contributed by atoms with Crippen LogP contribution < -0.4 is 10.2 Å². The highest BCUT2D eigenvalue weighted by Crippen LogP contribution is 2.35. The molecule has 2 aromatic heterocycles. The highest BCUT2D eigenvalue weighted by atomic mass is 16.5. The van der Waals surface area contributed by atoms with Crippen molar-refractivity contribution in [1.29, 1.82) is 0 Å². The Balaban J connectivity index is 1.73. The second-order valence-electron chi connectivity index (χ2n) is 7.28. The number of nitrogens with zero attached hydrogens (tertiary/aromatic N) is 4. The van der Waals surface area contributed by atoms with Crippen molar-refractivity contribution in [2.45, 2.75) is 19.9 Å². The van der Waals surface area contributed by atoms with Gasteiger partial charge in [0.2, 0.25) is 0 Å². The van der Waals surface area contributed by atoms with Crippen molar-refractivity contribution >= 4 is 17.4 Å². The van der Waals surface area contributed by atoms with Crippen molar-refractivity contribution in [2.75, 3.05) is 36.5 Å². The lowest BCUT2D eigenvalue weighted by Gasteiger charge is -2.30. The van der Waals surface area contributed by atoms with Crippen LogP contribution in [0.15, 0.2) is 55.0 Å². The molecule has 1 amide bonds. The summed E-state index contributed by atoms with van der Waals surface area (Å²) in [5.41, 5.74) is 3.20. The van der Waals surface area contributed by atoms with E-state index in [1.54, 1.807) is 23.3 Å². The summed E-state index contributed by atoms with van der Waals surface area (Å²) in [4.78, 5) is 19.8. The minimum Gasteiger partial charge on any atom is -0.378 e. The van der Waals surface area contributed by atoms with Gasteiger partial charge in [-0.1, -0.05) is 30.3 Å². The third kappa shape index (κ3) is 4.14. The first kappa shape index (κ1) is 19.1. The fraction of sp³-hybridized carbons (Fsp3) is 0.318. The number of ether oxygens (including phenoxy) is 1. The molecule has 0 aliphatic carbocycles. The fourth-order valence-electron chi connectivity index (χ4n) is 3.37. The Labute approximate surface area is 170 Å². The van der Waals surface area contributed by atoms with Gasteiger partial charge in [0.15, 0.2) is 5.82 Å². The number of pyridine rings is 1. The number of benzene rings is 1. The lowest BCUT2D eigenvalue weighted by atomic mass is 10.0. The molecule has 29 heavy (non-hydrogen) atoms. The van der Waals surface area contributed by atoms with Gasteiger partial charge in [0.05, 0.1) is 30.7 Å². The number of anilines is 2. The van der Waals surface area contributed by atoms with Crippen LogP contribution in [0.1, 0.15) is 30.2 Å². The van der Waals surface area contributed by atoms with Gasteiger partial charge in [-0.3, -0.25) is 9.48 Å². The Bertz CT molecular complexity index is 978. The summed E-state index contributed by atoms with van der Waals surface area (Å²) < 4.78 is 7.26. The van der Waals surface area contributed by atoms with Gasteiger partial charge in [-0.25, -0.2) is 4.98 Å². The molecule has 7 nitrogen and oxygen atoms in total. The van der Waals surface area contributed by atoms with E-state index < -0.39 is 0 Å². The van der Waals surface area contributed by atoms with E-state index in [2.05, 4.69) is 20.3 Å². The lowest BCUT2D eigenvalue weighted by molar-refractivity contribution is 0.102. The second kappa shape index (κ2) is 8.45. The number of nitrogens with one attached hydrogen (secondary N) is 1. The molecule has 0 unspecified atom stereocenters. The normalized spacial score (nSPS) is 14.2. The van der Waals surface area contributed by atoms with Gasteiger partial charge in [-0.2, -0.15) is 5.10 Å². The zero-order valence-corrected chi connectivity index (χ0v) is 16.7. The largest absolute Gasteiger partial charge is 0.378 e. The van der Waals surface area contributed by atoms with Crippen LogP contribution in [0, 0.1) is 0 Å². The van der Waals surface area contributed by atoms with Crippen molar-refractivity contribution in [3.8, 4) is 11.1 Å². The van der Waals surface area contributed by atoms with Crippen LogP contribution in [-0.4, -0.2) is 47.0 Å². The van der Waals surface area contributed by atoms with E-state index in [0.29, 0.717) is 24.5 Å². The van der Waals surface area contributed by atoms with E-state index in [1.807, 2.05) is 50.2 Å². The Kier molecular flexibility index (Phi) is 5.57. The van der Waals surface area contributed by atoms with Crippen LogP contribution in [0.5, 0.6) is 0 Å². The van der Waals surface area contributed by atoms with Crippen LogP contribution in [0.4, 0.5) is 11.5 Å². The highest BCUT2D eigenvalue weighted by Gasteiger charge is 2.22. The minimum absolute atomic E-state index is 0.193. The zero-order chi connectivity index (χ0) is 20.2. The standard InChI is InChI=1S/C22H25N5O2/c1-16(2)27-15-18(14-24-27)22(28)25-20-19(17-6-4-3-5-7-17)8-9-23-21(20)26-10-12-29-13-11-26/h3-9,14-16H,10-13H2,1-2H3,(H,25,28). The van der Waals surface area contributed by atoms with Gasteiger partial charge >= 0.3 is 0 Å². The molecule has 1 fully saturated rings. The quantitative estimate of drug-likeness (QED) is 0.719. The molecule has 0 bridgehead atoms. The first-order valence-corrected chi connectivity index (χ1v) is 9.86. The van der Waals surface area contributed by atoms with Crippen LogP contribution in [0.2, 0.25) is 0 Å². The van der Waals surface area contributed by atoms with Crippen molar-refractivity contribution in [1.82, 2.24) is 14.8 Å². The number of morpholine rings is 1. The van der Waals surface area contributed by atoms with E-state index in [1.165, 1.54) is 0 Å². The summed E-state index contributed by atoms with van der Waals surface area (Å²) in [6, 6.07) is 12.2. The fourth-order valence-corrected chi connectivity index (χ4v) is 3.37. The molecule has 1 aliphatic heterocycles. The molecule has 0 saturated carbocycles. The van der Waals surface area contributed by atoms with E-state index in [9.17, 15) is 4.79 Å². The maximum absolute atomic E-state index is 13.0. The van der Waals surface area contributed by atoms with E-state index in [0.717, 1.165) is 30.0 Å². The smallest absolute Gasteiger partial charge is 0.258 e. The molecule has 7 heteroatoms. The van der Waals surface area contributed by atoms with Crippen molar-refractivity contribution in [2.24, 2.45) is 0 Å². The molecule has 0 atom stereocenters. The first-order valence-electron chi connectivity index (χ1n) is 9.86. The number of hydrogen-bond acceptors (Lipinski definition) is 5. The van der Waals surface area contributed by atoms with Crippen LogP contribution in [0.25, 0.3) is 11.1 Å². The molecule has 1 saturated heterocycles. The van der Waals surface area contributed by atoms with Gasteiger partial charge in [0.1, 0.15) is 0 Å². The molecule has 4 rings (SSSR count). The third-order valence-electron chi connectivity index (χ3n) is 4.96. The number of carbonyl (C=O) groups excluding carboxylic acids is 1. The van der Waals surface area contributed by atoms with E-state index in [-0.39, 0.29) is 11.9 Å². The molecule has 150 valence electrons. The molecular weight excluding hydrogens is 366 g/mol. The Morgan fingerprint density at radius 3 is 2.59 bits per heavy atom. The van der Waals surface area contributed by atoms with Crippen molar-refractivity contribution in [3.05, 3.63) is 60.6 Å². The summed E-state index contributed by atoms with van der Waals surface area (Å²) in [5.74, 6) is 0.566. The summed E-state index contributed by atoms with van der Waals surface area (Å²) in [7, 11) is 0. The summed E-state index contributed by atoms with van der Waals surface area (Å²) in [5, 5.41) is 7.39. The zero-order valence-electron chi connectivity index (χ0n) is 16.7. The lowest BCUT2D eigenvalue weighted by Crippen LogP contribution is -2.37. The molecular formula is C22H25N5O2. The number of aromatic nitrogens is 3. The molecule has 3 heterocycles. The maximum Gasteiger partial charge on any atom is 0.258 e. The van der Waals surface area contributed by atoms with Crippen molar-refractivity contribution < 1.29 is 9.53 Å². The van der Waals surface area contributed by atoms with Crippen LogP contribution in [0.3, 0.4) is 0 Å². The van der Waals surface area contributed by atoms with Crippen LogP contribution >= 0.6 is 0 Å². The number of rotatable bonds is 5. The molecule has 0 radical (unpaired) electrons. The first-order chi connectivity index (χ1) is 14.1. The Hall–Kier alpha value is -3.19. The van der Waals surface area contributed by atoms with E-state index >= 15 is 0 Å². The number of hydrogen-bond donors (Lipinski definition) is 1. The SMILES string of the molecule is CC(C)n1cc(C(=O)Nc2c(-c3ccccc3)ccnc2N2CCOCC2)cn1. The molecule has 1 aliphatic rings. The summed E-state index contributed by atoms with van der Waals surface area (Å²) >= 11 is 0. The highest BCUT2D eigenvalue weighted by molar-refractivity contribution is 6.08. The number of carbonyl (C=O) groups is 1. The molecule has 0 spiro atoms. The molecule has 1 N–H and O–H groups in total. The monoisotopic (exact) mass is 391 g/mol. The van der Waals surface area contributed by atoms with Gasteiger partial charge in [-0.15, -0.1) is 0 Å². The van der Waals surface area contributed by atoms with Crippen LogP contribution in [-0.2, 0) is 4.74 Å². The summed E-state index contributed by atoms with van der Waals surface area (Å²) in [6.45, 7) is 6.82. The van der Waals surface area contributed by atoms with Gasteiger partial charge in [0, 0.05) is 37.1 Å². The average Bonchev–Trinajstić information content (AvgIpc) is 3.26. The Morgan fingerprint density at radius 1 is 1.14 bits per heavy atom.